The number of hydrogen-bond donors (Lipinski definition) is 1. The molecule has 0 radical (unpaired) electrons. The van der Waals surface area contributed by atoms with Crippen molar-refractivity contribution < 1.29 is 4.79 Å². The van der Waals surface area contributed by atoms with E-state index in [2.05, 4.69) is 15.4 Å². The maximum Gasteiger partial charge on any atom is 0.275 e. The number of halogens is 1. The quantitative estimate of drug-likeness (QED) is 0.887. The number of pyridine rings is 1. The highest BCUT2D eigenvalue weighted by Gasteiger charge is 2.10. The van der Waals surface area contributed by atoms with E-state index in [-0.39, 0.29) is 11.6 Å². The second kappa shape index (κ2) is 4.55. The maximum absolute atomic E-state index is 11.8. The summed E-state index contributed by atoms with van der Waals surface area (Å²) in [7, 11) is 1.78. The molecule has 0 atom stereocenters. The van der Waals surface area contributed by atoms with Crippen molar-refractivity contribution in [3.63, 3.8) is 0 Å². The molecule has 0 aromatic carbocycles. The molecule has 2 rings (SSSR count). The highest BCUT2D eigenvalue weighted by Crippen LogP contribution is 2.12. The number of amides is 1. The smallest absolute Gasteiger partial charge is 0.275 e. The van der Waals surface area contributed by atoms with Gasteiger partial charge in [-0.1, -0.05) is 11.6 Å². The van der Waals surface area contributed by atoms with Gasteiger partial charge >= 0.3 is 0 Å². The molecule has 0 spiro atoms. The van der Waals surface area contributed by atoms with Crippen molar-refractivity contribution in [3.8, 4) is 0 Å². The zero-order chi connectivity index (χ0) is 12.4. The van der Waals surface area contributed by atoms with Crippen LogP contribution in [0.3, 0.4) is 0 Å². The van der Waals surface area contributed by atoms with Gasteiger partial charge in [-0.25, -0.2) is 4.98 Å². The van der Waals surface area contributed by atoms with Gasteiger partial charge in [0.15, 0.2) is 5.82 Å². The Bertz CT molecular complexity index is 544. The molecule has 0 saturated carbocycles. The number of carbonyl (C=O) groups is 1. The van der Waals surface area contributed by atoms with E-state index in [1.165, 1.54) is 6.07 Å². The Labute approximate surface area is 103 Å². The standard InChI is InChI=1S/C11H11ClN4O/c1-7-5-8(12)6-9(13-7)11(17)14-10-3-4-16(2)15-10/h3-6H,1-2H3,(H,14,15,17). The Balaban J connectivity index is 2.19. The molecule has 0 aliphatic rings. The van der Waals surface area contributed by atoms with Gasteiger partial charge in [0, 0.05) is 30.0 Å². The van der Waals surface area contributed by atoms with Gasteiger partial charge in [0.25, 0.3) is 5.91 Å². The van der Waals surface area contributed by atoms with Crippen LogP contribution in [0.5, 0.6) is 0 Å². The van der Waals surface area contributed by atoms with Crippen molar-refractivity contribution in [1.29, 1.82) is 0 Å². The number of nitrogens with one attached hydrogen (secondary N) is 1. The van der Waals surface area contributed by atoms with Crippen molar-refractivity contribution in [3.05, 3.63) is 40.8 Å². The molecule has 2 aromatic rings. The third-order valence-corrected chi connectivity index (χ3v) is 2.32. The fourth-order valence-corrected chi connectivity index (χ4v) is 1.67. The van der Waals surface area contributed by atoms with Crippen LogP contribution in [0, 0.1) is 6.92 Å². The first-order valence-corrected chi connectivity index (χ1v) is 5.37. The van der Waals surface area contributed by atoms with Crippen molar-refractivity contribution in [2.75, 3.05) is 5.32 Å². The van der Waals surface area contributed by atoms with E-state index in [1.807, 2.05) is 0 Å². The Morgan fingerprint density at radius 3 is 2.82 bits per heavy atom. The predicted octanol–water partition coefficient (Wildman–Crippen LogP) is 2.03. The average molecular weight is 251 g/mol. The van der Waals surface area contributed by atoms with E-state index in [9.17, 15) is 4.79 Å². The first-order chi connectivity index (χ1) is 8.04. The molecule has 1 N–H and O–H groups in total. The second-order valence-electron chi connectivity index (χ2n) is 3.64. The second-order valence-corrected chi connectivity index (χ2v) is 4.08. The fourth-order valence-electron chi connectivity index (χ4n) is 1.40. The average Bonchev–Trinajstić information content (AvgIpc) is 2.62. The van der Waals surface area contributed by atoms with Crippen LogP contribution in [0.25, 0.3) is 0 Å². The SMILES string of the molecule is Cc1cc(Cl)cc(C(=O)Nc2ccn(C)n2)n1. The van der Waals surface area contributed by atoms with Crippen LogP contribution >= 0.6 is 11.6 Å². The maximum atomic E-state index is 11.8. The van der Waals surface area contributed by atoms with Crippen LogP contribution in [-0.2, 0) is 7.05 Å². The summed E-state index contributed by atoms with van der Waals surface area (Å²) in [5.74, 6) is 0.159. The minimum Gasteiger partial charge on any atom is -0.304 e. The summed E-state index contributed by atoms with van der Waals surface area (Å²) in [6.45, 7) is 1.78. The Hall–Kier alpha value is -1.88. The molecular formula is C11H11ClN4O. The van der Waals surface area contributed by atoms with Crippen LogP contribution in [0.15, 0.2) is 24.4 Å². The molecule has 0 aliphatic heterocycles. The van der Waals surface area contributed by atoms with Crippen molar-refractivity contribution in [2.24, 2.45) is 7.05 Å². The predicted molar refractivity (Wildman–Crippen MR) is 65.1 cm³/mol. The fraction of sp³-hybridized carbons (Fsp3) is 0.182. The number of rotatable bonds is 2. The molecule has 88 valence electrons. The highest BCUT2D eigenvalue weighted by molar-refractivity contribution is 6.31. The van der Waals surface area contributed by atoms with Crippen LogP contribution in [0.2, 0.25) is 5.02 Å². The minimum atomic E-state index is -0.325. The van der Waals surface area contributed by atoms with Gasteiger partial charge in [0.2, 0.25) is 0 Å². The van der Waals surface area contributed by atoms with Crippen molar-refractivity contribution in [2.45, 2.75) is 6.92 Å². The summed E-state index contributed by atoms with van der Waals surface area (Å²) in [4.78, 5) is 16.0. The van der Waals surface area contributed by atoms with E-state index in [0.29, 0.717) is 16.5 Å². The van der Waals surface area contributed by atoms with Gasteiger partial charge in [0.1, 0.15) is 5.69 Å². The summed E-state index contributed by atoms with van der Waals surface area (Å²) in [6, 6.07) is 4.92. The summed E-state index contributed by atoms with van der Waals surface area (Å²) < 4.78 is 1.60. The molecule has 1 amide bonds. The van der Waals surface area contributed by atoms with Crippen molar-refractivity contribution in [1.82, 2.24) is 14.8 Å². The van der Waals surface area contributed by atoms with E-state index in [0.717, 1.165) is 0 Å². The lowest BCUT2D eigenvalue weighted by atomic mass is 10.3. The van der Waals surface area contributed by atoms with Crippen LogP contribution in [0.1, 0.15) is 16.2 Å². The van der Waals surface area contributed by atoms with E-state index >= 15 is 0 Å². The summed E-state index contributed by atoms with van der Waals surface area (Å²) in [6.07, 6.45) is 1.74. The monoisotopic (exact) mass is 250 g/mol. The zero-order valence-electron chi connectivity index (χ0n) is 9.44. The molecule has 0 aliphatic carbocycles. The summed E-state index contributed by atoms with van der Waals surface area (Å²) in [5, 5.41) is 7.18. The lowest BCUT2D eigenvalue weighted by Gasteiger charge is -2.03. The van der Waals surface area contributed by atoms with Gasteiger partial charge in [-0.15, -0.1) is 0 Å². The lowest BCUT2D eigenvalue weighted by molar-refractivity contribution is 0.102. The van der Waals surface area contributed by atoms with Crippen LogP contribution in [0.4, 0.5) is 5.82 Å². The third kappa shape index (κ3) is 2.82. The Morgan fingerprint density at radius 2 is 2.24 bits per heavy atom. The number of carbonyl (C=O) groups excluding carboxylic acids is 1. The molecule has 6 heteroatoms. The van der Waals surface area contributed by atoms with Crippen LogP contribution in [-0.4, -0.2) is 20.7 Å². The van der Waals surface area contributed by atoms with Gasteiger partial charge in [-0.05, 0) is 19.1 Å². The van der Waals surface area contributed by atoms with E-state index in [1.54, 1.807) is 37.0 Å². The summed E-state index contributed by atoms with van der Waals surface area (Å²) >= 11 is 5.86. The molecule has 5 nitrogen and oxygen atoms in total. The normalized spacial score (nSPS) is 10.3. The number of aryl methyl sites for hydroxylation is 2. The lowest BCUT2D eigenvalue weighted by Crippen LogP contribution is -2.14. The van der Waals surface area contributed by atoms with E-state index in [4.69, 9.17) is 11.6 Å². The first kappa shape index (κ1) is 11.6. The van der Waals surface area contributed by atoms with Gasteiger partial charge in [0.05, 0.1) is 0 Å². The largest absolute Gasteiger partial charge is 0.304 e. The topological polar surface area (TPSA) is 59.8 Å². The molecule has 0 unspecified atom stereocenters. The number of nitrogens with zero attached hydrogens (tertiary/aromatic N) is 3. The summed E-state index contributed by atoms with van der Waals surface area (Å²) in [5.41, 5.74) is 0.976. The Kier molecular flexibility index (Phi) is 3.10. The molecule has 0 bridgehead atoms. The number of anilines is 1. The minimum absolute atomic E-state index is 0.278. The molecule has 2 heterocycles. The van der Waals surface area contributed by atoms with Gasteiger partial charge in [-0.3, -0.25) is 9.48 Å². The molecule has 0 fully saturated rings. The molecule has 2 aromatic heterocycles. The van der Waals surface area contributed by atoms with Crippen LogP contribution < -0.4 is 5.32 Å². The molecule has 17 heavy (non-hydrogen) atoms. The van der Waals surface area contributed by atoms with E-state index < -0.39 is 0 Å². The number of hydrogen-bond acceptors (Lipinski definition) is 3. The van der Waals surface area contributed by atoms with Gasteiger partial charge < -0.3 is 5.32 Å². The molecule has 0 saturated heterocycles. The molecular weight excluding hydrogens is 240 g/mol. The number of aromatic nitrogens is 3. The highest BCUT2D eigenvalue weighted by atomic mass is 35.5. The zero-order valence-corrected chi connectivity index (χ0v) is 10.2. The van der Waals surface area contributed by atoms with Crippen molar-refractivity contribution >= 4 is 23.3 Å². The Morgan fingerprint density at radius 1 is 1.47 bits per heavy atom. The van der Waals surface area contributed by atoms with Gasteiger partial charge in [-0.2, -0.15) is 5.10 Å². The third-order valence-electron chi connectivity index (χ3n) is 2.11. The first-order valence-electron chi connectivity index (χ1n) is 5.00.